The van der Waals surface area contributed by atoms with Crippen molar-refractivity contribution in [1.29, 1.82) is 0 Å². The van der Waals surface area contributed by atoms with E-state index >= 15 is 0 Å². The SMILES string of the molecule is Cc1ccc(C(O)(O)N2CCOCC2)cc1. The molecule has 1 heterocycles. The molecule has 4 nitrogen and oxygen atoms in total. The number of hydrogen-bond acceptors (Lipinski definition) is 4. The first-order valence-electron chi connectivity index (χ1n) is 5.45. The minimum atomic E-state index is -1.89. The third-order valence-corrected chi connectivity index (χ3v) is 2.89. The van der Waals surface area contributed by atoms with Gasteiger partial charge >= 0.3 is 0 Å². The van der Waals surface area contributed by atoms with E-state index in [2.05, 4.69) is 0 Å². The Morgan fingerprint density at radius 1 is 1.12 bits per heavy atom. The predicted octanol–water partition coefficient (Wildman–Crippen LogP) is 0.422. The van der Waals surface area contributed by atoms with Crippen molar-refractivity contribution in [3.05, 3.63) is 35.4 Å². The first kappa shape index (κ1) is 11.5. The zero-order valence-electron chi connectivity index (χ0n) is 9.39. The summed E-state index contributed by atoms with van der Waals surface area (Å²) < 4.78 is 5.19. The molecule has 0 radical (unpaired) electrons. The van der Waals surface area contributed by atoms with Gasteiger partial charge in [-0.25, -0.2) is 4.90 Å². The van der Waals surface area contributed by atoms with Crippen molar-refractivity contribution in [1.82, 2.24) is 4.90 Å². The van der Waals surface area contributed by atoms with Crippen molar-refractivity contribution in [2.24, 2.45) is 0 Å². The fourth-order valence-corrected chi connectivity index (χ4v) is 1.83. The van der Waals surface area contributed by atoms with E-state index in [4.69, 9.17) is 4.74 Å². The maximum Gasteiger partial charge on any atom is 0.253 e. The second kappa shape index (κ2) is 4.51. The van der Waals surface area contributed by atoms with Crippen LogP contribution < -0.4 is 0 Å². The van der Waals surface area contributed by atoms with E-state index in [0.717, 1.165) is 5.56 Å². The Morgan fingerprint density at radius 2 is 1.69 bits per heavy atom. The quantitative estimate of drug-likeness (QED) is 0.714. The van der Waals surface area contributed by atoms with E-state index in [9.17, 15) is 10.2 Å². The van der Waals surface area contributed by atoms with Crippen molar-refractivity contribution in [2.75, 3.05) is 26.3 Å². The summed E-state index contributed by atoms with van der Waals surface area (Å²) in [6, 6.07) is 7.23. The molecule has 1 saturated heterocycles. The molecule has 16 heavy (non-hydrogen) atoms. The largest absolute Gasteiger partial charge is 0.379 e. The Balaban J connectivity index is 2.19. The molecule has 0 bridgehead atoms. The number of aliphatic hydroxyl groups is 2. The Hall–Kier alpha value is -0.940. The summed E-state index contributed by atoms with van der Waals surface area (Å²) in [4.78, 5) is 1.61. The summed E-state index contributed by atoms with van der Waals surface area (Å²) in [5, 5.41) is 20.3. The van der Waals surface area contributed by atoms with Crippen LogP contribution in [-0.4, -0.2) is 41.4 Å². The van der Waals surface area contributed by atoms with Crippen LogP contribution in [0.4, 0.5) is 0 Å². The van der Waals surface area contributed by atoms with Crippen molar-refractivity contribution < 1.29 is 14.9 Å². The molecular weight excluding hydrogens is 206 g/mol. The van der Waals surface area contributed by atoms with Crippen molar-refractivity contribution in [2.45, 2.75) is 12.8 Å². The summed E-state index contributed by atoms with van der Waals surface area (Å²) in [6.45, 7) is 4.10. The van der Waals surface area contributed by atoms with Gasteiger partial charge in [0.15, 0.2) is 0 Å². The van der Waals surface area contributed by atoms with Crippen LogP contribution in [0.15, 0.2) is 24.3 Å². The van der Waals surface area contributed by atoms with Crippen LogP contribution in [0.1, 0.15) is 11.1 Å². The number of benzene rings is 1. The molecule has 88 valence electrons. The van der Waals surface area contributed by atoms with E-state index in [0.29, 0.717) is 31.9 Å². The summed E-state index contributed by atoms with van der Waals surface area (Å²) in [5.41, 5.74) is 1.60. The number of nitrogens with zero attached hydrogens (tertiary/aromatic N) is 1. The van der Waals surface area contributed by atoms with Gasteiger partial charge in [-0.05, 0) is 6.92 Å². The van der Waals surface area contributed by atoms with Gasteiger partial charge in [-0.15, -0.1) is 0 Å². The lowest BCUT2D eigenvalue weighted by atomic mass is 10.1. The lowest BCUT2D eigenvalue weighted by Gasteiger charge is -2.37. The highest BCUT2D eigenvalue weighted by Crippen LogP contribution is 2.23. The van der Waals surface area contributed by atoms with E-state index in [-0.39, 0.29) is 0 Å². The average molecular weight is 223 g/mol. The number of hydrogen-bond donors (Lipinski definition) is 2. The Labute approximate surface area is 95.1 Å². The van der Waals surface area contributed by atoms with E-state index in [1.54, 1.807) is 17.0 Å². The number of aryl methyl sites for hydroxylation is 1. The molecule has 4 heteroatoms. The highest BCUT2D eigenvalue weighted by atomic mass is 16.5. The molecule has 0 unspecified atom stereocenters. The van der Waals surface area contributed by atoms with Gasteiger partial charge in [0.2, 0.25) is 0 Å². The standard InChI is InChI=1S/C12H17NO3/c1-10-2-4-11(5-3-10)12(14,15)13-6-8-16-9-7-13/h2-5,14-15H,6-9H2,1H3. The smallest absolute Gasteiger partial charge is 0.253 e. The summed E-state index contributed by atoms with van der Waals surface area (Å²) in [6.07, 6.45) is 0. The molecule has 0 amide bonds. The first-order chi connectivity index (χ1) is 7.60. The van der Waals surface area contributed by atoms with Gasteiger partial charge in [-0.1, -0.05) is 29.8 Å². The minimum Gasteiger partial charge on any atom is -0.379 e. The second-order valence-corrected chi connectivity index (χ2v) is 4.10. The summed E-state index contributed by atoms with van der Waals surface area (Å²) in [7, 11) is 0. The fourth-order valence-electron chi connectivity index (χ4n) is 1.83. The first-order valence-corrected chi connectivity index (χ1v) is 5.45. The van der Waals surface area contributed by atoms with Crippen LogP contribution in [0, 0.1) is 6.92 Å². The molecule has 1 fully saturated rings. The van der Waals surface area contributed by atoms with Gasteiger partial charge in [0.25, 0.3) is 5.91 Å². The molecule has 2 N–H and O–H groups in total. The van der Waals surface area contributed by atoms with Gasteiger partial charge < -0.3 is 14.9 Å². The molecule has 0 atom stereocenters. The van der Waals surface area contributed by atoms with Crippen LogP contribution in [0.3, 0.4) is 0 Å². The third-order valence-electron chi connectivity index (χ3n) is 2.89. The Bertz CT molecular complexity index is 342. The topological polar surface area (TPSA) is 52.9 Å². The van der Waals surface area contributed by atoms with Crippen LogP contribution in [0.5, 0.6) is 0 Å². The van der Waals surface area contributed by atoms with Crippen LogP contribution in [-0.2, 0) is 10.6 Å². The average Bonchev–Trinajstić information content (AvgIpc) is 2.31. The van der Waals surface area contributed by atoms with Gasteiger partial charge in [-0.3, -0.25) is 0 Å². The lowest BCUT2D eigenvalue weighted by molar-refractivity contribution is -0.286. The molecule has 2 rings (SSSR count). The van der Waals surface area contributed by atoms with E-state index in [1.165, 1.54) is 0 Å². The number of morpholine rings is 1. The lowest BCUT2D eigenvalue weighted by Crippen LogP contribution is -2.51. The summed E-state index contributed by atoms with van der Waals surface area (Å²) >= 11 is 0. The van der Waals surface area contributed by atoms with Crippen LogP contribution in [0.2, 0.25) is 0 Å². The molecule has 1 aliphatic heterocycles. The van der Waals surface area contributed by atoms with Crippen molar-refractivity contribution in [3.8, 4) is 0 Å². The fraction of sp³-hybridized carbons (Fsp3) is 0.500. The van der Waals surface area contributed by atoms with Crippen molar-refractivity contribution in [3.63, 3.8) is 0 Å². The monoisotopic (exact) mass is 223 g/mol. The highest BCUT2D eigenvalue weighted by molar-refractivity contribution is 5.24. The molecular formula is C12H17NO3. The molecule has 0 saturated carbocycles. The van der Waals surface area contributed by atoms with Crippen LogP contribution >= 0.6 is 0 Å². The molecule has 1 aliphatic rings. The second-order valence-electron chi connectivity index (χ2n) is 4.10. The van der Waals surface area contributed by atoms with Crippen molar-refractivity contribution >= 4 is 0 Å². The van der Waals surface area contributed by atoms with E-state index < -0.39 is 5.91 Å². The van der Waals surface area contributed by atoms with Gasteiger partial charge in [0, 0.05) is 18.7 Å². The molecule has 0 aromatic heterocycles. The molecule has 1 aromatic rings. The molecule has 0 aliphatic carbocycles. The summed E-state index contributed by atoms with van der Waals surface area (Å²) in [5.74, 6) is -1.89. The highest BCUT2D eigenvalue weighted by Gasteiger charge is 2.34. The number of ether oxygens (including phenoxy) is 1. The zero-order valence-corrected chi connectivity index (χ0v) is 9.39. The van der Waals surface area contributed by atoms with Gasteiger partial charge in [-0.2, -0.15) is 0 Å². The minimum absolute atomic E-state index is 0.500. The third kappa shape index (κ3) is 2.25. The predicted molar refractivity (Wildman–Crippen MR) is 59.7 cm³/mol. The Kier molecular flexibility index (Phi) is 3.25. The van der Waals surface area contributed by atoms with Crippen LogP contribution in [0.25, 0.3) is 0 Å². The Morgan fingerprint density at radius 3 is 2.25 bits per heavy atom. The zero-order chi connectivity index (χ0) is 11.6. The maximum atomic E-state index is 10.1. The normalized spacial score (nSPS) is 18.7. The number of rotatable bonds is 2. The molecule has 0 spiro atoms. The van der Waals surface area contributed by atoms with E-state index in [1.807, 2.05) is 19.1 Å². The molecule has 1 aromatic carbocycles. The maximum absolute atomic E-state index is 10.1. The van der Waals surface area contributed by atoms with Gasteiger partial charge in [0.1, 0.15) is 0 Å². The van der Waals surface area contributed by atoms with Gasteiger partial charge in [0.05, 0.1) is 13.2 Å².